The second kappa shape index (κ2) is 7.09. The third-order valence-electron chi connectivity index (χ3n) is 5.77. The number of carbonyl (C=O) groups excluding carboxylic acids is 1. The number of hydrogen-bond acceptors (Lipinski definition) is 3. The van der Waals surface area contributed by atoms with Gasteiger partial charge in [0.2, 0.25) is 0 Å². The van der Waals surface area contributed by atoms with E-state index in [9.17, 15) is 9.18 Å². The van der Waals surface area contributed by atoms with Crippen LogP contribution in [0.5, 0.6) is 5.75 Å². The first-order valence-electron chi connectivity index (χ1n) is 8.90. The molecular formula is C19H27FN2O2. The molecule has 0 bridgehead atoms. The summed E-state index contributed by atoms with van der Waals surface area (Å²) in [5.41, 5.74) is 0.0558. The Morgan fingerprint density at radius 2 is 2.00 bits per heavy atom. The molecule has 2 aliphatic rings. The largest absolute Gasteiger partial charge is 0.484 e. The molecule has 0 N–H and O–H groups in total. The lowest BCUT2D eigenvalue weighted by atomic mass is 9.80. The molecule has 2 aliphatic heterocycles. The van der Waals surface area contributed by atoms with Crippen molar-refractivity contribution < 1.29 is 13.9 Å². The summed E-state index contributed by atoms with van der Waals surface area (Å²) in [5.74, 6) is 0.259. The van der Waals surface area contributed by atoms with Crippen LogP contribution in [0.25, 0.3) is 0 Å². The number of carbonyl (C=O) groups is 1. The van der Waals surface area contributed by atoms with Crippen LogP contribution in [0.3, 0.4) is 0 Å². The number of amides is 1. The highest BCUT2D eigenvalue weighted by Crippen LogP contribution is 2.37. The minimum absolute atomic E-state index is 0.0158. The van der Waals surface area contributed by atoms with Crippen molar-refractivity contribution in [3.63, 3.8) is 0 Å². The van der Waals surface area contributed by atoms with E-state index < -0.39 is 0 Å². The molecule has 1 aromatic rings. The van der Waals surface area contributed by atoms with Gasteiger partial charge in [0.1, 0.15) is 11.6 Å². The average Bonchev–Trinajstić information content (AvgIpc) is 2.73. The number of fused-ring (bicyclic) bond motifs is 1. The monoisotopic (exact) mass is 334 g/mol. The summed E-state index contributed by atoms with van der Waals surface area (Å²) in [6.45, 7) is 4.21. The third kappa shape index (κ3) is 3.41. The van der Waals surface area contributed by atoms with Gasteiger partial charge in [-0.3, -0.25) is 9.69 Å². The number of halogens is 1. The zero-order chi connectivity index (χ0) is 17.2. The molecule has 0 spiro atoms. The van der Waals surface area contributed by atoms with E-state index in [1.165, 1.54) is 18.6 Å². The summed E-state index contributed by atoms with van der Waals surface area (Å²) >= 11 is 0. The molecule has 0 radical (unpaired) electrons. The quantitative estimate of drug-likeness (QED) is 0.852. The molecule has 24 heavy (non-hydrogen) atoms. The summed E-state index contributed by atoms with van der Waals surface area (Å²) in [5, 5.41) is 0. The lowest BCUT2D eigenvalue weighted by Gasteiger charge is -2.51. The second-order valence-corrected chi connectivity index (χ2v) is 7.22. The third-order valence-corrected chi connectivity index (χ3v) is 5.77. The Kier molecular flexibility index (Phi) is 5.09. The van der Waals surface area contributed by atoms with Crippen LogP contribution in [0, 0.1) is 5.82 Å². The van der Waals surface area contributed by atoms with Crippen LogP contribution in [-0.4, -0.2) is 54.0 Å². The van der Waals surface area contributed by atoms with Crippen molar-refractivity contribution >= 4 is 5.91 Å². The van der Waals surface area contributed by atoms with Gasteiger partial charge in [0, 0.05) is 18.1 Å². The molecule has 2 fully saturated rings. The minimum atomic E-state index is -0.304. The maximum Gasteiger partial charge on any atom is 0.260 e. The van der Waals surface area contributed by atoms with E-state index in [2.05, 4.69) is 18.9 Å². The molecule has 5 heteroatoms. The van der Waals surface area contributed by atoms with E-state index in [1.807, 2.05) is 4.90 Å². The molecule has 2 atom stereocenters. The smallest absolute Gasteiger partial charge is 0.260 e. The minimum Gasteiger partial charge on any atom is -0.484 e. The molecule has 2 heterocycles. The number of ether oxygens (including phenoxy) is 1. The maximum absolute atomic E-state index is 12.9. The van der Waals surface area contributed by atoms with Crippen LogP contribution in [-0.2, 0) is 4.79 Å². The standard InChI is InChI=1S/C19H27FN2O2/c1-19-11-5-13-22(17(19)6-3-4-12-21(19)2)18(23)14-24-16-9-7-15(20)8-10-16/h7-10,17H,3-6,11-14H2,1-2H3/t17-,19-/m0/s1. The first-order chi connectivity index (χ1) is 11.5. The maximum atomic E-state index is 12.9. The molecule has 132 valence electrons. The van der Waals surface area contributed by atoms with Gasteiger partial charge in [0.05, 0.1) is 0 Å². The molecule has 1 amide bonds. The number of hydrogen-bond donors (Lipinski definition) is 0. The average molecular weight is 334 g/mol. The highest BCUT2D eigenvalue weighted by atomic mass is 19.1. The number of benzene rings is 1. The Morgan fingerprint density at radius 3 is 2.75 bits per heavy atom. The van der Waals surface area contributed by atoms with E-state index in [4.69, 9.17) is 4.74 Å². The Balaban J connectivity index is 1.68. The second-order valence-electron chi connectivity index (χ2n) is 7.22. The predicted molar refractivity (Wildman–Crippen MR) is 91.5 cm³/mol. The zero-order valence-electron chi connectivity index (χ0n) is 14.6. The van der Waals surface area contributed by atoms with E-state index >= 15 is 0 Å². The Labute approximate surface area is 143 Å². The van der Waals surface area contributed by atoms with Crippen molar-refractivity contribution in [3.8, 4) is 5.75 Å². The van der Waals surface area contributed by atoms with E-state index in [0.29, 0.717) is 5.75 Å². The summed E-state index contributed by atoms with van der Waals surface area (Å²) < 4.78 is 18.5. The van der Waals surface area contributed by atoms with Gasteiger partial charge in [-0.25, -0.2) is 4.39 Å². The lowest BCUT2D eigenvalue weighted by molar-refractivity contribution is -0.142. The molecule has 4 nitrogen and oxygen atoms in total. The summed E-state index contributed by atoms with van der Waals surface area (Å²) in [6, 6.07) is 6.06. The fraction of sp³-hybridized carbons (Fsp3) is 0.632. The molecule has 0 aromatic heterocycles. The van der Waals surface area contributed by atoms with Crippen molar-refractivity contribution in [1.29, 1.82) is 0 Å². The molecule has 0 saturated carbocycles. The summed E-state index contributed by atoms with van der Waals surface area (Å²) in [4.78, 5) is 17.2. The molecule has 3 rings (SSSR count). The molecular weight excluding hydrogens is 307 g/mol. The topological polar surface area (TPSA) is 32.8 Å². The SMILES string of the molecule is CN1CCCC[C@@H]2N(C(=O)COc3ccc(F)cc3)CCC[C@@]21C. The van der Waals surface area contributed by atoms with Crippen LogP contribution < -0.4 is 4.74 Å². The van der Waals surface area contributed by atoms with Crippen LogP contribution in [0.4, 0.5) is 4.39 Å². The van der Waals surface area contributed by atoms with Gasteiger partial charge in [-0.15, -0.1) is 0 Å². The first kappa shape index (κ1) is 17.2. The van der Waals surface area contributed by atoms with Gasteiger partial charge >= 0.3 is 0 Å². The first-order valence-corrected chi connectivity index (χ1v) is 8.90. The molecule has 1 aromatic carbocycles. The lowest BCUT2D eigenvalue weighted by Crippen LogP contribution is -2.63. The Bertz CT molecular complexity index is 577. The van der Waals surface area contributed by atoms with Crippen molar-refractivity contribution in [2.75, 3.05) is 26.7 Å². The summed E-state index contributed by atoms with van der Waals surface area (Å²) in [7, 11) is 2.18. The van der Waals surface area contributed by atoms with Crippen molar-refractivity contribution in [2.24, 2.45) is 0 Å². The van der Waals surface area contributed by atoms with Crippen molar-refractivity contribution in [1.82, 2.24) is 9.80 Å². The van der Waals surface area contributed by atoms with Crippen LogP contribution in [0.15, 0.2) is 24.3 Å². The van der Waals surface area contributed by atoms with Gasteiger partial charge in [-0.2, -0.15) is 0 Å². The molecule has 0 unspecified atom stereocenters. The number of piperidine rings is 1. The van der Waals surface area contributed by atoms with E-state index in [-0.39, 0.29) is 29.9 Å². The van der Waals surface area contributed by atoms with E-state index in [1.54, 1.807) is 12.1 Å². The van der Waals surface area contributed by atoms with Gasteiger partial charge in [0.15, 0.2) is 6.61 Å². The highest BCUT2D eigenvalue weighted by Gasteiger charge is 2.45. The van der Waals surface area contributed by atoms with Crippen LogP contribution in [0.2, 0.25) is 0 Å². The van der Waals surface area contributed by atoms with Crippen LogP contribution >= 0.6 is 0 Å². The zero-order valence-corrected chi connectivity index (χ0v) is 14.6. The van der Waals surface area contributed by atoms with Gasteiger partial charge in [-0.1, -0.05) is 6.42 Å². The number of rotatable bonds is 3. The van der Waals surface area contributed by atoms with E-state index in [0.717, 1.165) is 38.8 Å². The Morgan fingerprint density at radius 1 is 1.25 bits per heavy atom. The van der Waals surface area contributed by atoms with Gasteiger partial charge in [-0.05, 0) is 70.5 Å². The van der Waals surface area contributed by atoms with Crippen molar-refractivity contribution in [3.05, 3.63) is 30.1 Å². The van der Waals surface area contributed by atoms with Crippen LogP contribution in [0.1, 0.15) is 39.0 Å². The number of likely N-dealkylation sites (N-methyl/N-ethyl adjacent to an activating group) is 1. The molecule has 2 saturated heterocycles. The van der Waals surface area contributed by atoms with Crippen molar-refractivity contribution in [2.45, 2.75) is 50.6 Å². The highest BCUT2D eigenvalue weighted by molar-refractivity contribution is 5.78. The van der Waals surface area contributed by atoms with Gasteiger partial charge in [0.25, 0.3) is 5.91 Å². The Hall–Kier alpha value is -1.62. The predicted octanol–water partition coefficient (Wildman–Crippen LogP) is 3.07. The fourth-order valence-corrected chi connectivity index (χ4v) is 4.18. The number of likely N-dealkylation sites (tertiary alicyclic amines) is 2. The fourth-order valence-electron chi connectivity index (χ4n) is 4.18. The number of nitrogens with zero attached hydrogens (tertiary/aromatic N) is 2. The normalized spacial score (nSPS) is 28.1. The molecule has 0 aliphatic carbocycles. The van der Waals surface area contributed by atoms with Gasteiger partial charge < -0.3 is 9.64 Å². The summed E-state index contributed by atoms with van der Waals surface area (Å²) in [6.07, 6.45) is 5.57.